The van der Waals surface area contributed by atoms with Gasteiger partial charge in [0.2, 0.25) is 0 Å². The maximum atomic E-state index is 12.4. The van der Waals surface area contributed by atoms with Crippen molar-refractivity contribution in [2.24, 2.45) is 0 Å². The van der Waals surface area contributed by atoms with E-state index in [2.05, 4.69) is 15.9 Å². The molecule has 0 nitrogen and oxygen atoms in total. The van der Waals surface area contributed by atoms with Crippen LogP contribution < -0.4 is 0 Å². The lowest BCUT2D eigenvalue weighted by Gasteiger charge is -1.96. The van der Waals surface area contributed by atoms with Crippen molar-refractivity contribution in [1.29, 1.82) is 0 Å². The molecule has 0 heterocycles. The van der Waals surface area contributed by atoms with Crippen molar-refractivity contribution in [3.05, 3.63) is 35.9 Å². The zero-order chi connectivity index (χ0) is 9.40. The molecule has 1 aromatic carbocycles. The van der Waals surface area contributed by atoms with Crippen molar-refractivity contribution in [1.82, 2.24) is 0 Å². The van der Waals surface area contributed by atoms with Crippen molar-refractivity contribution in [3.63, 3.8) is 0 Å². The van der Waals surface area contributed by atoms with Gasteiger partial charge in [0.25, 0.3) is 0 Å². The maximum absolute atomic E-state index is 12.4. The zero-order valence-corrected chi connectivity index (χ0v) is 9.28. The highest BCUT2D eigenvalue weighted by atomic mass is 79.9. The monoisotopic (exact) mass is 272 g/mol. The van der Waals surface area contributed by atoms with Crippen LogP contribution in [0.4, 0.5) is 4.39 Å². The molecule has 12 heavy (non-hydrogen) atoms. The predicted octanol–water partition coefficient (Wildman–Crippen LogP) is 4.47. The zero-order valence-electron chi connectivity index (χ0n) is 6.18. The summed E-state index contributed by atoms with van der Waals surface area (Å²) in [5.74, 6) is 0. The largest absolute Gasteiger partial charge is 0.230 e. The molecule has 0 aliphatic carbocycles. The van der Waals surface area contributed by atoms with E-state index in [1.54, 1.807) is 12.1 Å². The SMILES string of the molecule is ClCCl.FC(Br)c1ccccc1. The number of hydrogen-bond acceptors (Lipinski definition) is 0. The summed E-state index contributed by atoms with van der Waals surface area (Å²) >= 11 is 12.3. The summed E-state index contributed by atoms with van der Waals surface area (Å²) in [5, 5.41) is -0.835. The quantitative estimate of drug-likeness (QED) is 0.663. The van der Waals surface area contributed by atoms with Gasteiger partial charge in [0.1, 0.15) is 0 Å². The number of benzene rings is 1. The van der Waals surface area contributed by atoms with E-state index in [1.165, 1.54) is 0 Å². The van der Waals surface area contributed by atoms with E-state index in [0.29, 0.717) is 5.56 Å². The summed E-state index contributed by atoms with van der Waals surface area (Å²) in [4.78, 5) is 0. The topological polar surface area (TPSA) is 0 Å². The Labute approximate surface area is 89.8 Å². The summed E-state index contributed by atoms with van der Waals surface area (Å²) in [7, 11) is 0. The average molecular weight is 274 g/mol. The van der Waals surface area contributed by atoms with E-state index in [0.717, 1.165) is 0 Å². The Balaban J connectivity index is 0.000000354. The smallest absolute Gasteiger partial charge is 0.180 e. The number of hydrogen-bond donors (Lipinski definition) is 0. The molecule has 0 saturated heterocycles. The van der Waals surface area contributed by atoms with Gasteiger partial charge < -0.3 is 0 Å². The van der Waals surface area contributed by atoms with Crippen LogP contribution in [0.3, 0.4) is 0 Å². The van der Waals surface area contributed by atoms with Crippen LogP contribution in [0.1, 0.15) is 10.6 Å². The normalized spacial score (nSPS) is 11.3. The molecule has 68 valence electrons. The molecule has 0 aliphatic heterocycles. The van der Waals surface area contributed by atoms with Gasteiger partial charge in [0, 0.05) is 0 Å². The Morgan fingerprint density at radius 1 is 1.25 bits per heavy atom. The number of halogens is 4. The molecular formula is C8H8BrCl2F. The maximum Gasteiger partial charge on any atom is 0.180 e. The summed E-state index contributed by atoms with van der Waals surface area (Å²) in [6, 6.07) is 8.95. The van der Waals surface area contributed by atoms with E-state index in [4.69, 9.17) is 23.2 Å². The molecule has 4 heteroatoms. The van der Waals surface area contributed by atoms with Gasteiger partial charge in [-0.25, -0.2) is 4.39 Å². The number of rotatable bonds is 1. The second-order valence-electron chi connectivity index (χ2n) is 1.81. The Hall–Kier alpha value is 0.210. The van der Waals surface area contributed by atoms with Gasteiger partial charge in [-0.3, -0.25) is 0 Å². The molecule has 1 atom stereocenters. The van der Waals surface area contributed by atoms with Crippen molar-refractivity contribution in [2.45, 2.75) is 5.08 Å². The first-order valence-electron chi connectivity index (χ1n) is 3.17. The molecule has 0 fully saturated rings. The summed E-state index contributed by atoms with van der Waals surface area (Å²) in [6.07, 6.45) is 0. The molecule has 0 spiro atoms. The first kappa shape index (κ1) is 12.2. The number of alkyl halides is 4. The summed E-state index contributed by atoms with van der Waals surface area (Å²) < 4.78 is 12.4. The highest BCUT2D eigenvalue weighted by Gasteiger charge is 2.00. The van der Waals surface area contributed by atoms with Crippen LogP contribution in [0.25, 0.3) is 0 Å². The highest BCUT2D eigenvalue weighted by molar-refractivity contribution is 9.09. The molecule has 0 N–H and O–H groups in total. The van der Waals surface area contributed by atoms with Crippen LogP contribution in [-0.4, -0.2) is 5.34 Å². The summed E-state index contributed by atoms with van der Waals surface area (Å²) in [5.41, 5.74) is 0.664. The van der Waals surface area contributed by atoms with E-state index >= 15 is 0 Å². The highest BCUT2D eigenvalue weighted by Crippen LogP contribution is 2.22. The van der Waals surface area contributed by atoms with Crippen LogP contribution in [-0.2, 0) is 0 Å². The molecule has 1 unspecified atom stereocenters. The third-order valence-corrected chi connectivity index (χ3v) is 1.58. The van der Waals surface area contributed by atoms with E-state index < -0.39 is 5.08 Å². The molecule has 0 aliphatic rings. The van der Waals surface area contributed by atoms with Gasteiger partial charge >= 0.3 is 0 Å². The van der Waals surface area contributed by atoms with Crippen molar-refractivity contribution in [3.8, 4) is 0 Å². The fourth-order valence-electron chi connectivity index (χ4n) is 0.599. The van der Waals surface area contributed by atoms with E-state index in [1.807, 2.05) is 18.2 Å². The lowest BCUT2D eigenvalue weighted by atomic mass is 10.2. The third kappa shape index (κ3) is 5.81. The van der Waals surface area contributed by atoms with Crippen molar-refractivity contribution >= 4 is 39.1 Å². The molecule has 1 aromatic rings. The molecule has 0 radical (unpaired) electrons. The second-order valence-corrected chi connectivity index (χ2v) is 3.42. The Kier molecular flexibility index (Phi) is 7.98. The summed E-state index contributed by atoms with van der Waals surface area (Å²) in [6.45, 7) is 0. The van der Waals surface area contributed by atoms with E-state index in [-0.39, 0.29) is 5.34 Å². The van der Waals surface area contributed by atoms with Gasteiger partial charge in [-0.1, -0.05) is 30.3 Å². The van der Waals surface area contributed by atoms with Crippen LogP contribution >= 0.6 is 39.1 Å². The van der Waals surface area contributed by atoms with Crippen LogP contribution in [0.2, 0.25) is 0 Å². The van der Waals surface area contributed by atoms with E-state index in [9.17, 15) is 4.39 Å². The lowest BCUT2D eigenvalue weighted by molar-refractivity contribution is 0.479. The van der Waals surface area contributed by atoms with Crippen molar-refractivity contribution in [2.75, 3.05) is 5.34 Å². The van der Waals surface area contributed by atoms with Gasteiger partial charge in [-0.15, -0.1) is 23.2 Å². The first-order chi connectivity index (χ1) is 5.72. The predicted molar refractivity (Wildman–Crippen MR) is 55.8 cm³/mol. The minimum atomic E-state index is -1.03. The lowest BCUT2D eigenvalue weighted by Crippen LogP contribution is -1.77. The Morgan fingerprint density at radius 2 is 1.67 bits per heavy atom. The second kappa shape index (κ2) is 7.84. The van der Waals surface area contributed by atoms with Crippen LogP contribution in [0.5, 0.6) is 0 Å². The first-order valence-corrected chi connectivity index (χ1v) is 5.16. The molecule has 0 saturated carbocycles. The fraction of sp³-hybridized carbons (Fsp3) is 0.250. The standard InChI is InChI=1S/C7H6BrF.CH2Cl2/c8-7(9)6-4-2-1-3-5-6;2-1-3/h1-5,7H;1H2. The van der Waals surface area contributed by atoms with Gasteiger partial charge in [-0.2, -0.15) is 0 Å². The minimum absolute atomic E-state index is 0.194. The van der Waals surface area contributed by atoms with Gasteiger partial charge in [0.15, 0.2) is 5.08 Å². The molecule has 1 rings (SSSR count). The molecule has 0 aromatic heterocycles. The van der Waals surface area contributed by atoms with Crippen LogP contribution in [0, 0.1) is 0 Å². The van der Waals surface area contributed by atoms with Crippen LogP contribution in [0.15, 0.2) is 30.3 Å². The third-order valence-electron chi connectivity index (χ3n) is 1.05. The van der Waals surface area contributed by atoms with Gasteiger partial charge in [-0.05, 0) is 21.5 Å². The van der Waals surface area contributed by atoms with Crippen molar-refractivity contribution < 1.29 is 4.39 Å². The molecule has 0 amide bonds. The fourth-order valence-corrected chi connectivity index (χ4v) is 0.904. The Bertz CT molecular complexity index is 192. The van der Waals surface area contributed by atoms with Gasteiger partial charge in [0.05, 0.1) is 5.34 Å². The molecule has 0 bridgehead atoms. The average Bonchev–Trinajstić information content (AvgIpc) is 2.07. The minimum Gasteiger partial charge on any atom is -0.230 e. The Morgan fingerprint density at radius 3 is 1.92 bits per heavy atom. The molecular weight excluding hydrogens is 266 g/mol.